The summed E-state index contributed by atoms with van der Waals surface area (Å²) in [4.78, 5) is 4.05. The van der Waals surface area contributed by atoms with Gasteiger partial charge in [0, 0.05) is 18.1 Å². The Morgan fingerprint density at radius 1 is 0.762 bits per heavy atom. The monoisotopic (exact) mass is 278 g/mol. The second-order valence-electron chi connectivity index (χ2n) is 4.78. The molecule has 2 aromatic carbocycles. The fraction of sp³-hybridized carbons (Fsp3) is 0.0556. The van der Waals surface area contributed by atoms with Gasteiger partial charge in [0.05, 0.1) is 6.04 Å². The largest absolute Gasteiger partial charge is 0.374 e. The number of nitrogens with one attached hydrogen (secondary N) is 1. The summed E-state index contributed by atoms with van der Waals surface area (Å²) in [5.41, 5.74) is 3.11. The molecule has 104 valence electrons. The van der Waals surface area contributed by atoms with Crippen LogP contribution in [0.4, 0.5) is 10.1 Å². The van der Waals surface area contributed by atoms with Crippen LogP contribution in [0.2, 0.25) is 0 Å². The lowest BCUT2D eigenvalue weighted by Gasteiger charge is -2.21. The SMILES string of the molecule is Fc1ccc(C(Nc2ccccc2)c2ccncc2)cc1. The number of nitrogens with zero attached hydrogens (tertiary/aromatic N) is 1. The number of aromatic nitrogens is 1. The van der Waals surface area contributed by atoms with Gasteiger partial charge in [-0.15, -0.1) is 0 Å². The van der Waals surface area contributed by atoms with E-state index in [1.165, 1.54) is 12.1 Å². The Balaban J connectivity index is 1.97. The number of para-hydroxylation sites is 1. The molecule has 3 heteroatoms. The minimum absolute atomic E-state index is 0.0454. The van der Waals surface area contributed by atoms with Gasteiger partial charge in [-0.25, -0.2) is 4.39 Å². The van der Waals surface area contributed by atoms with Gasteiger partial charge < -0.3 is 5.32 Å². The van der Waals surface area contributed by atoms with Gasteiger partial charge in [0.1, 0.15) is 5.82 Å². The second kappa shape index (κ2) is 6.18. The summed E-state index contributed by atoms with van der Waals surface area (Å²) in [6, 6.07) is 20.4. The number of halogens is 1. The zero-order chi connectivity index (χ0) is 14.5. The van der Waals surface area contributed by atoms with Crippen molar-refractivity contribution in [3.05, 3.63) is 96.1 Å². The molecule has 1 heterocycles. The van der Waals surface area contributed by atoms with Crippen LogP contribution in [0.5, 0.6) is 0 Å². The normalized spacial score (nSPS) is 11.9. The van der Waals surface area contributed by atoms with Gasteiger partial charge >= 0.3 is 0 Å². The van der Waals surface area contributed by atoms with Crippen LogP contribution in [0.15, 0.2) is 79.1 Å². The first-order valence-corrected chi connectivity index (χ1v) is 6.80. The standard InChI is InChI=1S/C18H15FN2/c19-16-8-6-14(7-9-16)18(15-10-12-20-13-11-15)21-17-4-2-1-3-5-17/h1-13,18,21H. The molecule has 2 nitrogen and oxygen atoms in total. The average molecular weight is 278 g/mol. The number of hydrogen-bond donors (Lipinski definition) is 1. The first kappa shape index (κ1) is 13.3. The number of benzene rings is 2. The second-order valence-corrected chi connectivity index (χ2v) is 4.78. The molecule has 0 bridgehead atoms. The molecule has 0 aliphatic heterocycles. The highest BCUT2D eigenvalue weighted by Crippen LogP contribution is 2.26. The molecule has 0 saturated carbocycles. The fourth-order valence-electron chi connectivity index (χ4n) is 2.27. The molecule has 21 heavy (non-hydrogen) atoms. The molecule has 1 atom stereocenters. The molecule has 0 aliphatic carbocycles. The van der Waals surface area contributed by atoms with Crippen molar-refractivity contribution >= 4 is 5.69 Å². The Morgan fingerprint density at radius 2 is 1.38 bits per heavy atom. The molecule has 0 amide bonds. The predicted molar refractivity (Wildman–Crippen MR) is 82.5 cm³/mol. The van der Waals surface area contributed by atoms with Crippen molar-refractivity contribution in [2.45, 2.75) is 6.04 Å². The van der Waals surface area contributed by atoms with Crippen molar-refractivity contribution in [3.63, 3.8) is 0 Å². The van der Waals surface area contributed by atoms with Crippen LogP contribution < -0.4 is 5.32 Å². The molecule has 0 saturated heterocycles. The first-order chi connectivity index (χ1) is 10.3. The molecule has 1 aromatic heterocycles. The highest BCUT2D eigenvalue weighted by atomic mass is 19.1. The third-order valence-corrected chi connectivity index (χ3v) is 3.33. The summed E-state index contributed by atoms with van der Waals surface area (Å²) in [6.45, 7) is 0. The fourth-order valence-corrected chi connectivity index (χ4v) is 2.27. The van der Waals surface area contributed by atoms with Crippen molar-refractivity contribution in [1.82, 2.24) is 4.98 Å². The van der Waals surface area contributed by atoms with E-state index < -0.39 is 0 Å². The molecular weight excluding hydrogens is 263 g/mol. The quantitative estimate of drug-likeness (QED) is 0.764. The Kier molecular flexibility index (Phi) is 3.92. The van der Waals surface area contributed by atoms with Gasteiger partial charge in [-0.05, 0) is 47.5 Å². The lowest BCUT2D eigenvalue weighted by molar-refractivity contribution is 0.626. The first-order valence-electron chi connectivity index (χ1n) is 6.80. The minimum atomic E-state index is -0.230. The van der Waals surface area contributed by atoms with E-state index in [9.17, 15) is 4.39 Å². The van der Waals surface area contributed by atoms with Crippen LogP contribution in [-0.4, -0.2) is 4.98 Å². The van der Waals surface area contributed by atoms with E-state index in [-0.39, 0.29) is 11.9 Å². The molecule has 1 N–H and O–H groups in total. The van der Waals surface area contributed by atoms with Crippen molar-refractivity contribution in [2.24, 2.45) is 0 Å². The van der Waals surface area contributed by atoms with Crippen LogP contribution in [0, 0.1) is 5.82 Å². The molecule has 0 aliphatic rings. The Hall–Kier alpha value is -2.68. The summed E-state index contributed by atoms with van der Waals surface area (Å²) in [5, 5.41) is 3.48. The third-order valence-electron chi connectivity index (χ3n) is 3.33. The van der Waals surface area contributed by atoms with Crippen molar-refractivity contribution in [2.75, 3.05) is 5.32 Å². The molecule has 0 spiro atoms. The van der Waals surface area contributed by atoms with E-state index in [1.807, 2.05) is 42.5 Å². The van der Waals surface area contributed by atoms with E-state index in [1.54, 1.807) is 24.5 Å². The summed E-state index contributed by atoms with van der Waals surface area (Å²) in [7, 11) is 0. The Morgan fingerprint density at radius 3 is 2.05 bits per heavy atom. The highest BCUT2D eigenvalue weighted by molar-refractivity contribution is 5.48. The van der Waals surface area contributed by atoms with Gasteiger partial charge in [-0.3, -0.25) is 4.98 Å². The Labute approximate surface area is 123 Å². The smallest absolute Gasteiger partial charge is 0.123 e. The number of pyridine rings is 1. The van der Waals surface area contributed by atoms with E-state index in [2.05, 4.69) is 10.3 Å². The van der Waals surface area contributed by atoms with E-state index >= 15 is 0 Å². The van der Waals surface area contributed by atoms with Crippen LogP contribution in [-0.2, 0) is 0 Å². The van der Waals surface area contributed by atoms with Gasteiger partial charge in [-0.1, -0.05) is 30.3 Å². The van der Waals surface area contributed by atoms with Crippen LogP contribution >= 0.6 is 0 Å². The number of anilines is 1. The van der Waals surface area contributed by atoms with Crippen LogP contribution in [0.3, 0.4) is 0 Å². The van der Waals surface area contributed by atoms with Crippen molar-refractivity contribution in [3.8, 4) is 0 Å². The summed E-state index contributed by atoms with van der Waals surface area (Å²) in [5.74, 6) is -0.230. The molecule has 3 aromatic rings. The third kappa shape index (κ3) is 3.26. The highest BCUT2D eigenvalue weighted by Gasteiger charge is 2.13. The molecule has 3 rings (SSSR count). The predicted octanol–water partition coefficient (Wildman–Crippen LogP) is 4.42. The molecule has 1 unspecified atom stereocenters. The van der Waals surface area contributed by atoms with Crippen LogP contribution in [0.1, 0.15) is 17.2 Å². The van der Waals surface area contributed by atoms with Gasteiger partial charge in [0.15, 0.2) is 0 Å². The summed E-state index contributed by atoms with van der Waals surface area (Å²) in [6.07, 6.45) is 3.52. The lowest BCUT2D eigenvalue weighted by atomic mass is 9.99. The van der Waals surface area contributed by atoms with E-state index in [4.69, 9.17) is 0 Å². The number of hydrogen-bond acceptors (Lipinski definition) is 2. The number of rotatable bonds is 4. The maximum atomic E-state index is 13.1. The molecular formula is C18H15FN2. The maximum absolute atomic E-state index is 13.1. The zero-order valence-corrected chi connectivity index (χ0v) is 11.4. The average Bonchev–Trinajstić information content (AvgIpc) is 2.55. The zero-order valence-electron chi connectivity index (χ0n) is 11.4. The molecule has 0 fully saturated rings. The maximum Gasteiger partial charge on any atom is 0.123 e. The van der Waals surface area contributed by atoms with Crippen LogP contribution in [0.25, 0.3) is 0 Å². The lowest BCUT2D eigenvalue weighted by Crippen LogP contribution is -2.12. The van der Waals surface area contributed by atoms with Gasteiger partial charge in [0.25, 0.3) is 0 Å². The summed E-state index contributed by atoms with van der Waals surface area (Å²) < 4.78 is 13.1. The van der Waals surface area contributed by atoms with E-state index in [0.717, 1.165) is 16.8 Å². The van der Waals surface area contributed by atoms with Gasteiger partial charge in [-0.2, -0.15) is 0 Å². The van der Waals surface area contributed by atoms with E-state index in [0.29, 0.717) is 0 Å². The molecule has 0 radical (unpaired) electrons. The van der Waals surface area contributed by atoms with Crippen molar-refractivity contribution in [1.29, 1.82) is 0 Å². The Bertz CT molecular complexity index is 681. The van der Waals surface area contributed by atoms with Crippen molar-refractivity contribution < 1.29 is 4.39 Å². The van der Waals surface area contributed by atoms with Gasteiger partial charge in [0.2, 0.25) is 0 Å². The summed E-state index contributed by atoms with van der Waals surface area (Å²) >= 11 is 0. The minimum Gasteiger partial charge on any atom is -0.374 e. The topological polar surface area (TPSA) is 24.9 Å².